The number of carboxylic acid groups (broad SMARTS) is 1. The van der Waals surface area contributed by atoms with E-state index in [0.29, 0.717) is 13.0 Å². The molecule has 1 heterocycles. The van der Waals surface area contributed by atoms with E-state index < -0.39 is 35.2 Å². The van der Waals surface area contributed by atoms with E-state index in [1.165, 1.54) is 0 Å². The van der Waals surface area contributed by atoms with E-state index in [9.17, 15) is 14.4 Å². The summed E-state index contributed by atoms with van der Waals surface area (Å²) in [5.41, 5.74) is -1.19. The summed E-state index contributed by atoms with van der Waals surface area (Å²) in [6.45, 7) is 11.1. The average Bonchev–Trinajstić information content (AvgIpc) is 2.81. The number of nitrogens with one attached hydrogen (secondary N) is 3. The molecule has 1 aliphatic heterocycles. The van der Waals surface area contributed by atoms with Crippen molar-refractivity contribution in [3.05, 3.63) is 0 Å². The lowest BCUT2D eigenvalue weighted by Crippen LogP contribution is -2.56. The van der Waals surface area contributed by atoms with E-state index in [2.05, 4.69) is 16.0 Å². The molecular formula is C16H29N3O5. The van der Waals surface area contributed by atoms with Crippen LogP contribution in [0.1, 0.15) is 48.0 Å². The highest BCUT2D eigenvalue weighted by molar-refractivity contribution is 5.87. The van der Waals surface area contributed by atoms with Gasteiger partial charge in [0.05, 0.1) is 0 Å². The van der Waals surface area contributed by atoms with Crippen LogP contribution in [0.5, 0.6) is 0 Å². The number of carbonyl (C=O) groups is 3. The summed E-state index contributed by atoms with van der Waals surface area (Å²) >= 11 is 0. The Morgan fingerprint density at radius 2 is 1.75 bits per heavy atom. The van der Waals surface area contributed by atoms with Gasteiger partial charge in [-0.25, -0.2) is 4.79 Å². The summed E-state index contributed by atoms with van der Waals surface area (Å²) in [6, 6.07) is -1.75. The van der Waals surface area contributed by atoms with Crippen molar-refractivity contribution in [1.29, 1.82) is 0 Å². The van der Waals surface area contributed by atoms with Gasteiger partial charge in [0, 0.05) is 12.6 Å². The number of rotatable bonds is 4. The van der Waals surface area contributed by atoms with E-state index in [-0.39, 0.29) is 11.9 Å². The van der Waals surface area contributed by atoms with Gasteiger partial charge in [-0.05, 0) is 32.6 Å². The molecule has 8 nitrogen and oxygen atoms in total. The predicted molar refractivity (Wildman–Crippen MR) is 88.6 cm³/mol. The van der Waals surface area contributed by atoms with Gasteiger partial charge in [-0.1, -0.05) is 20.8 Å². The molecule has 0 aliphatic carbocycles. The number of carbonyl (C=O) groups excluding carboxylic acids is 2. The standard InChI is InChI=1S/C16H29N3O5/c1-15(2,3)11(19-14(23)24-16(4,5)6)12(20)18-9-7-10(13(21)22)17-8-9/h9-11,17H,7-8H2,1-6H3,(H,18,20)(H,19,23)(H,21,22). The molecule has 4 N–H and O–H groups in total. The van der Waals surface area contributed by atoms with Gasteiger partial charge < -0.3 is 25.8 Å². The monoisotopic (exact) mass is 343 g/mol. The van der Waals surface area contributed by atoms with Gasteiger partial charge in [-0.15, -0.1) is 0 Å². The number of ether oxygens (including phenoxy) is 1. The number of carboxylic acids is 1. The third-order valence-electron chi connectivity index (χ3n) is 3.56. The maximum atomic E-state index is 12.6. The van der Waals surface area contributed by atoms with Crippen LogP contribution in [0, 0.1) is 5.41 Å². The van der Waals surface area contributed by atoms with Gasteiger partial charge in [-0.3, -0.25) is 9.59 Å². The SMILES string of the molecule is CC(C)(C)OC(=O)NC(C(=O)NC1CNC(C(=O)O)C1)C(C)(C)C. The number of alkyl carbamates (subject to hydrolysis) is 1. The van der Waals surface area contributed by atoms with Crippen LogP contribution in [-0.2, 0) is 14.3 Å². The normalized spacial score (nSPS) is 22.6. The van der Waals surface area contributed by atoms with Crippen LogP contribution in [0.4, 0.5) is 4.79 Å². The van der Waals surface area contributed by atoms with Crippen molar-refractivity contribution >= 4 is 18.0 Å². The minimum atomic E-state index is -0.939. The molecule has 0 saturated carbocycles. The van der Waals surface area contributed by atoms with Crippen LogP contribution >= 0.6 is 0 Å². The Bertz CT molecular complexity index is 493. The maximum absolute atomic E-state index is 12.6. The minimum Gasteiger partial charge on any atom is -0.480 e. The maximum Gasteiger partial charge on any atom is 0.408 e. The molecule has 138 valence electrons. The lowest BCUT2D eigenvalue weighted by molar-refractivity contribution is -0.139. The van der Waals surface area contributed by atoms with E-state index in [0.717, 1.165) is 0 Å². The van der Waals surface area contributed by atoms with Crippen LogP contribution in [0.2, 0.25) is 0 Å². The van der Waals surface area contributed by atoms with E-state index >= 15 is 0 Å². The van der Waals surface area contributed by atoms with Gasteiger partial charge >= 0.3 is 12.1 Å². The summed E-state index contributed by atoms with van der Waals surface area (Å²) in [4.78, 5) is 35.5. The summed E-state index contributed by atoms with van der Waals surface area (Å²) in [5.74, 6) is -1.29. The van der Waals surface area contributed by atoms with Crippen LogP contribution in [0.15, 0.2) is 0 Å². The third-order valence-corrected chi connectivity index (χ3v) is 3.56. The van der Waals surface area contributed by atoms with Gasteiger partial charge in [0.25, 0.3) is 0 Å². The highest BCUT2D eigenvalue weighted by Gasteiger charge is 2.37. The smallest absolute Gasteiger partial charge is 0.408 e. The molecule has 1 fully saturated rings. The Morgan fingerprint density at radius 1 is 1.17 bits per heavy atom. The molecular weight excluding hydrogens is 314 g/mol. The molecule has 1 aliphatic rings. The van der Waals surface area contributed by atoms with Crippen LogP contribution in [0.25, 0.3) is 0 Å². The Kier molecular flexibility index (Phi) is 6.21. The number of aliphatic carboxylic acids is 1. The van der Waals surface area contributed by atoms with Crippen molar-refractivity contribution in [2.24, 2.45) is 5.41 Å². The Hall–Kier alpha value is -1.83. The lowest BCUT2D eigenvalue weighted by atomic mass is 9.86. The molecule has 0 aromatic carbocycles. The van der Waals surface area contributed by atoms with Crippen LogP contribution in [-0.4, -0.2) is 53.3 Å². The fourth-order valence-electron chi connectivity index (χ4n) is 2.42. The molecule has 0 bridgehead atoms. The van der Waals surface area contributed by atoms with Gasteiger partial charge in [-0.2, -0.15) is 0 Å². The first-order valence-corrected chi connectivity index (χ1v) is 8.05. The first-order chi connectivity index (χ1) is 10.8. The fraction of sp³-hybridized carbons (Fsp3) is 0.812. The highest BCUT2D eigenvalue weighted by Crippen LogP contribution is 2.21. The quantitative estimate of drug-likeness (QED) is 0.601. The second-order valence-corrected chi connectivity index (χ2v) is 8.19. The second-order valence-electron chi connectivity index (χ2n) is 8.19. The van der Waals surface area contributed by atoms with Gasteiger partial charge in [0.2, 0.25) is 5.91 Å². The molecule has 2 amide bonds. The largest absolute Gasteiger partial charge is 0.480 e. The third kappa shape index (κ3) is 6.35. The fourth-order valence-corrected chi connectivity index (χ4v) is 2.42. The highest BCUT2D eigenvalue weighted by atomic mass is 16.6. The Labute approximate surface area is 142 Å². The molecule has 24 heavy (non-hydrogen) atoms. The van der Waals surface area contributed by atoms with E-state index in [4.69, 9.17) is 9.84 Å². The van der Waals surface area contributed by atoms with Crippen LogP contribution in [0.3, 0.4) is 0 Å². The Morgan fingerprint density at radius 3 is 2.17 bits per heavy atom. The molecule has 0 aromatic rings. The van der Waals surface area contributed by atoms with Crippen molar-refractivity contribution in [2.75, 3.05) is 6.54 Å². The number of amides is 2. The lowest BCUT2D eigenvalue weighted by Gasteiger charge is -2.32. The molecule has 0 radical (unpaired) electrons. The summed E-state index contributed by atoms with van der Waals surface area (Å²) in [6.07, 6.45) is -0.352. The zero-order chi connectivity index (χ0) is 18.7. The van der Waals surface area contributed by atoms with Gasteiger partial charge in [0.1, 0.15) is 17.7 Å². The number of hydrogen-bond acceptors (Lipinski definition) is 5. The van der Waals surface area contributed by atoms with E-state index in [1.807, 2.05) is 20.8 Å². The Balaban J connectivity index is 2.70. The summed E-state index contributed by atoms with van der Waals surface area (Å²) in [5, 5.41) is 17.2. The van der Waals surface area contributed by atoms with Crippen molar-refractivity contribution in [2.45, 2.75) is 71.7 Å². The topological polar surface area (TPSA) is 117 Å². The van der Waals surface area contributed by atoms with Gasteiger partial charge in [0.15, 0.2) is 0 Å². The molecule has 8 heteroatoms. The molecule has 1 saturated heterocycles. The zero-order valence-corrected chi connectivity index (χ0v) is 15.2. The molecule has 3 unspecified atom stereocenters. The first kappa shape index (κ1) is 20.2. The van der Waals surface area contributed by atoms with Crippen molar-refractivity contribution in [1.82, 2.24) is 16.0 Å². The molecule has 1 rings (SSSR count). The average molecular weight is 343 g/mol. The van der Waals surface area contributed by atoms with Crippen molar-refractivity contribution < 1.29 is 24.2 Å². The zero-order valence-electron chi connectivity index (χ0n) is 15.2. The molecule has 3 atom stereocenters. The van der Waals surface area contributed by atoms with Crippen molar-refractivity contribution in [3.63, 3.8) is 0 Å². The van der Waals surface area contributed by atoms with Crippen molar-refractivity contribution in [3.8, 4) is 0 Å². The number of hydrogen-bond donors (Lipinski definition) is 4. The summed E-state index contributed by atoms with van der Waals surface area (Å²) < 4.78 is 5.21. The second kappa shape index (κ2) is 7.38. The summed E-state index contributed by atoms with van der Waals surface area (Å²) in [7, 11) is 0. The molecule has 0 aromatic heterocycles. The van der Waals surface area contributed by atoms with Crippen LogP contribution < -0.4 is 16.0 Å². The predicted octanol–water partition coefficient (Wildman–Crippen LogP) is 0.857. The van der Waals surface area contributed by atoms with E-state index in [1.54, 1.807) is 20.8 Å². The first-order valence-electron chi connectivity index (χ1n) is 8.05. The molecule has 0 spiro atoms. The minimum absolute atomic E-state index is 0.288.